The molecule has 1 N–H and O–H groups in total. The van der Waals surface area contributed by atoms with E-state index in [0.29, 0.717) is 24.6 Å². The van der Waals surface area contributed by atoms with Crippen molar-refractivity contribution >= 4 is 23.3 Å². The van der Waals surface area contributed by atoms with Crippen molar-refractivity contribution in [2.45, 2.75) is 51.5 Å². The number of amides is 1. The Morgan fingerprint density at radius 1 is 1.25 bits per heavy atom. The van der Waals surface area contributed by atoms with E-state index in [9.17, 15) is 19.7 Å². The molecule has 1 saturated carbocycles. The van der Waals surface area contributed by atoms with Crippen molar-refractivity contribution < 1.29 is 19.2 Å². The lowest BCUT2D eigenvalue weighted by molar-refractivity contribution is -0.384. The topological polar surface area (TPSA) is 102 Å². The van der Waals surface area contributed by atoms with E-state index in [-0.39, 0.29) is 30.7 Å². The highest BCUT2D eigenvalue weighted by Gasteiger charge is 2.25. The summed E-state index contributed by atoms with van der Waals surface area (Å²) in [5, 5.41) is 13.9. The van der Waals surface area contributed by atoms with Gasteiger partial charge in [-0.25, -0.2) is 0 Å². The van der Waals surface area contributed by atoms with E-state index in [1.54, 1.807) is 30.1 Å². The number of nitro groups is 1. The Labute approximate surface area is 165 Å². The molecule has 8 nitrogen and oxygen atoms in total. The van der Waals surface area contributed by atoms with E-state index < -0.39 is 10.9 Å². The van der Waals surface area contributed by atoms with Crippen LogP contribution in [0.25, 0.3) is 0 Å². The van der Waals surface area contributed by atoms with Gasteiger partial charge < -0.3 is 15.0 Å². The maximum Gasteiger partial charge on any atom is 0.306 e. The largest absolute Gasteiger partial charge is 0.456 e. The van der Waals surface area contributed by atoms with E-state index >= 15 is 0 Å². The predicted molar refractivity (Wildman–Crippen MR) is 106 cm³/mol. The van der Waals surface area contributed by atoms with Gasteiger partial charge in [0.15, 0.2) is 6.61 Å². The molecule has 1 amide bonds. The van der Waals surface area contributed by atoms with Gasteiger partial charge in [-0.1, -0.05) is 19.1 Å². The van der Waals surface area contributed by atoms with Crippen LogP contribution in [0, 0.1) is 16.0 Å². The van der Waals surface area contributed by atoms with Crippen LogP contribution in [0.2, 0.25) is 0 Å². The highest BCUT2D eigenvalue weighted by atomic mass is 16.6. The molecule has 0 atom stereocenters. The Bertz CT molecular complexity index is 686. The monoisotopic (exact) mass is 391 g/mol. The molecule has 1 aromatic carbocycles. The number of nitro benzene ring substituents is 1. The van der Waals surface area contributed by atoms with Crippen molar-refractivity contribution in [3.63, 3.8) is 0 Å². The second kappa shape index (κ2) is 10.6. The van der Waals surface area contributed by atoms with Crippen molar-refractivity contribution in [2.24, 2.45) is 5.92 Å². The lowest BCUT2D eigenvalue weighted by Gasteiger charge is -2.33. The van der Waals surface area contributed by atoms with Gasteiger partial charge in [-0.3, -0.25) is 19.7 Å². The van der Waals surface area contributed by atoms with Crippen LogP contribution in [-0.2, 0) is 14.3 Å². The fourth-order valence-electron chi connectivity index (χ4n) is 3.39. The SMILES string of the molecule is CC1CCC(N(C)C(=O)COC(=O)CCCNc2ccccc2[N+](=O)[O-])CC1. The minimum atomic E-state index is -0.453. The van der Waals surface area contributed by atoms with Crippen molar-refractivity contribution in [2.75, 3.05) is 25.5 Å². The maximum atomic E-state index is 12.2. The van der Waals surface area contributed by atoms with Crippen LogP contribution in [0.1, 0.15) is 45.4 Å². The summed E-state index contributed by atoms with van der Waals surface area (Å²) in [6.45, 7) is 2.39. The fraction of sp³-hybridized carbons (Fsp3) is 0.600. The number of carbonyl (C=O) groups is 2. The number of nitrogens with one attached hydrogen (secondary N) is 1. The smallest absolute Gasteiger partial charge is 0.306 e. The van der Waals surface area contributed by atoms with Gasteiger partial charge in [0.2, 0.25) is 0 Å². The van der Waals surface area contributed by atoms with Gasteiger partial charge in [0.05, 0.1) is 4.92 Å². The first-order chi connectivity index (χ1) is 13.4. The number of nitrogens with zero attached hydrogens (tertiary/aromatic N) is 2. The molecule has 1 aliphatic rings. The van der Waals surface area contributed by atoms with Crippen molar-refractivity contribution in [1.82, 2.24) is 4.90 Å². The molecule has 0 aliphatic heterocycles. The third-order valence-corrected chi connectivity index (χ3v) is 5.26. The number of anilines is 1. The van der Waals surface area contributed by atoms with Crippen molar-refractivity contribution in [3.05, 3.63) is 34.4 Å². The first-order valence-corrected chi connectivity index (χ1v) is 9.77. The molecule has 1 aliphatic carbocycles. The van der Waals surface area contributed by atoms with E-state index in [1.165, 1.54) is 6.07 Å². The average molecular weight is 391 g/mol. The average Bonchev–Trinajstić information content (AvgIpc) is 2.69. The number of rotatable bonds is 9. The number of carbonyl (C=O) groups excluding carboxylic acids is 2. The molecule has 0 aromatic heterocycles. The molecule has 154 valence electrons. The summed E-state index contributed by atoms with van der Waals surface area (Å²) in [6.07, 6.45) is 4.83. The van der Waals surface area contributed by atoms with Gasteiger partial charge in [0.1, 0.15) is 5.69 Å². The molecule has 0 radical (unpaired) electrons. The highest BCUT2D eigenvalue weighted by Crippen LogP contribution is 2.26. The minimum absolute atomic E-state index is 0.00387. The molecular weight excluding hydrogens is 362 g/mol. The number of hydrogen-bond donors (Lipinski definition) is 1. The zero-order chi connectivity index (χ0) is 20.5. The zero-order valence-corrected chi connectivity index (χ0v) is 16.6. The summed E-state index contributed by atoms with van der Waals surface area (Å²) in [7, 11) is 1.77. The molecule has 28 heavy (non-hydrogen) atoms. The van der Waals surface area contributed by atoms with Crippen LogP contribution < -0.4 is 5.32 Å². The molecule has 0 spiro atoms. The van der Waals surface area contributed by atoms with Crippen LogP contribution in [0.15, 0.2) is 24.3 Å². The molecular formula is C20H29N3O5. The minimum Gasteiger partial charge on any atom is -0.456 e. The third kappa shape index (κ3) is 6.51. The molecule has 2 rings (SSSR count). The van der Waals surface area contributed by atoms with Gasteiger partial charge in [0, 0.05) is 32.1 Å². The van der Waals surface area contributed by atoms with E-state index in [1.807, 2.05) is 0 Å². The van der Waals surface area contributed by atoms with E-state index in [4.69, 9.17) is 4.74 Å². The van der Waals surface area contributed by atoms with Crippen LogP contribution in [0.3, 0.4) is 0 Å². The Hall–Kier alpha value is -2.64. The van der Waals surface area contributed by atoms with E-state index in [0.717, 1.165) is 25.7 Å². The van der Waals surface area contributed by atoms with Crippen molar-refractivity contribution in [1.29, 1.82) is 0 Å². The van der Waals surface area contributed by atoms with Gasteiger partial charge in [-0.15, -0.1) is 0 Å². The first-order valence-electron chi connectivity index (χ1n) is 9.77. The molecule has 1 aromatic rings. The standard InChI is InChI=1S/C20H29N3O5/c1-15-9-11-16(12-10-15)22(2)19(24)14-28-20(25)8-5-13-21-17-6-3-4-7-18(17)23(26)27/h3-4,6-7,15-16,21H,5,8-14H2,1-2H3. The van der Waals surface area contributed by atoms with Crippen LogP contribution in [-0.4, -0.2) is 47.9 Å². The summed E-state index contributed by atoms with van der Waals surface area (Å²) in [4.78, 5) is 36.3. The maximum absolute atomic E-state index is 12.2. The number of ether oxygens (including phenoxy) is 1. The summed E-state index contributed by atoms with van der Waals surface area (Å²) in [5.74, 6) is 0.0952. The Kier molecular flexibility index (Phi) is 8.22. The van der Waals surface area contributed by atoms with Crippen LogP contribution >= 0.6 is 0 Å². The normalized spacial score (nSPS) is 18.9. The Morgan fingerprint density at radius 3 is 2.61 bits per heavy atom. The van der Waals surface area contributed by atoms with Crippen molar-refractivity contribution in [3.8, 4) is 0 Å². The number of hydrogen-bond acceptors (Lipinski definition) is 6. The van der Waals surface area contributed by atoms with Gasteiger partial charge in [0.25, 0.3) is 11.6 Å². The van der Waals surface area contributed by atoms with Gasteiger partial charge >= 0.3 is 5.97 Å². The Morgan fingerprint density at radius 2 is 1.93 bits per heavy atom. The molecule has 0 saturated heterocycles. The lowest BCUT2D eigenvalue weighted by Crippen LogP contribution is -2.41. The lowest BCUT2D eigenvalue weighted by atomic mass is 9.87. The second-order valence-corrected chi connectivity index (χ2v) is 7.38. The second-order valence-electron chi connectivity index (χ2n) is 7.38. The number of likely N-dealkylation sites (N-methyl/N-ethyl adjacent to an activating group) is 1. The molecule has 0 unspecified atom stereocenters. The molecule has 1 fully saturated rings. The molecule has 0 bridgehead atoms. The summed E-state index contributed by atoms with van der Waals surface area (Å²) in [5.41, 5.74) is 0.412. The number of benzene rings is 1. The van der Waals surface area contributed by atoms with Crippen LogP contribution in [0.5, 0.6) is 0 Å². The Balaban J connectivity index is 1.65. The zero-order valence-electron chi connectivity index (χ0n) is 16.6. The number of para-hydroxylation sites is 2. The van der Waals surface area contributed by atoms with Crippen LogP contribution in [0.4, 0.5) is 11.4 Å². The summed E-state index contributed by atoms with van der Waals surface area (Å²) >= 11 is 0. The summed E-state index contributed by atoms with van der Waals surface area (Å²) < 4.78 is 5.08. The highest BCUT2D eigenvalue weighted by molar-refractivity contribution is 5.80. The van der Waals surface area contributed by atoms with Gasteiger partial charge in [-0.05, 0) is 44.1 Å². The third-order valence-electron chi connectivity index (χ3n) is 5.26. The first kappa shape index (κ1) is 21.7. The predicted octanol–water partition coefficient (Wildman–Crippen LogP) is 3.37. The summed E-state index contributed by atoms with van der Waals surface area (Å²) in [6, 6.07) is 6.58. The van der Waals surface area contributed by atoms with E-state index in [2.05, 4.69) is 12.2 Å². The number of esters is 1. The fourth-order valence-corrected chi connectivity index (χ4v) is 3.39. The molecule has 8 heteroatoms. The quantitative estimate of drug-likeness (QED) is 0.300. The van der Waals surface area contributed by atoms with Gasteiger partial charge in [-0.2, -0.15) is 0 Å². The molecule has 0 heterocycles.